The molecule has 0 aliphatic carbocycles. The zero-order chi connectivity index (χ0) is 23.4. The zero-order valence-corrected chi connectivity index (χ0v) is 17.6. The number of nitrogens with one attached hydrogen (secondary N) is 1. The van der Waals surface area contributed by atoms with Crippen molar-refractivity contribution in [2.24, 2.45) is 0 Å². The normalized spacial score (nSPS) is 10.1. The molecule has 3 N–H and O–H groups in total. The number of aromatic carboxylic acids is 1. The monoisotopic (exact) mass is 464 g/mol. The molecule has 3 aromatic carbocycles. The molecule has 34 heavy (non-hydrogen) atoms. The Kier molecular flexibility index (Phi) is 8.07. The van der Waals surface area contributed by atoms with Gasteiger partial charge in [-0.15, -0.1) is 0 Å². The van der Waals surface area contributed by atoms with Crippen LogP contribution in [0.4, 0.5) is 5.69 Å². The maximum atomic E-state index is 13.1. The molecule has 0 spiro atoms. The van der Waals surface area contributed by atoms with E-state index in [4.69, 9.17) is 4.74 Å². The summed E-state index contributed by atoms with van der Waals surface area (Å²) in [4.78, 5) is 28.8. The van der Waals surface area contributed by atoms with Gasteiger partial charge in [0, 0.05) is 18.0 Å². The second-order valence-corrected chi connectivity index (χ2v) is 7.19. The molecule has 1 aromatic heterocycles. The number of ether oxygens (including phenoxy) is 1. The molecular formula is C26H21N2NaO5. The minimum absolute atomic E-state index is 0. The van der Waals surface area contributed by atoms with Gasteiger partial charge in [-0.2, -0.15) is 0 Å². The van der Waals surface area contributed by atoms with Crippen LogP contribution in [0.2, 0.25) is 0 Å². The Morgan fingerprint density at radius 2 is 1.56 bits per heavy atom. The molecule has 0 aliphatic heterocycles. The van der Waals surface area contributed by atoms with E-state index < -0.39 is 11.9 Å². The number of hydrogen-bond acceptors (Lipinski definition) is 5. The van der Waals surface area contributed by atoms with Gasteiger partial charge >= 0.3 is 35.5 Å². The van der Waals surface area contributed by atoms with Crippen molar-refractivity contribution >= 4 is 47.1 Å². The van der Waals surface area contributed by atoms with Gasteiger partial charge in [0.2, 0.25) is 0 Å². The van der Waals surface area contributed by atoms with Crippen LogP contribution in [0.3, 0.4) is 0 Å². The molecule has 7 nitrogen and oxygen atoms in total. The Morgan fingerprint density at radius 1 is 0.853 bits per heavy atom. The molecule has 1 amide bonds. The van der Waals surface area contributed by atoms with Gasteiger partial charge in [-0.05, 0) is 59.2 Å². The van der Waals surface area contributed by atoms with Crippen molar-refractivity contribution in [1.29, 1.82) is 0 Å². The van der Waals surface area contributed by atoms with Crippen molar-refractivity contribution in [3.8, 4) is 33.8 Å². The number of hydrogen-bond donors (Lipinski definition) is 3. The molecule has 1 heterocycles. The number of carboxylic acids is 1. The average Bonchev–Trinajstić information content (AvgIpc) is 2.84. The summed E-state index contributed by atoms with van der Waals surface area (Å²) in [5.74, 6) is -1.43. The van der Waals surface area contributed by atoms with Crippen LogP contribution in [-0.4, -0.2) is 63.7 Å². The van der Waals surface area contributed by atoms with Crippen molar-refractivity contribution in [1.82, 2.24) is 4.98 Å². The van der Waals surface area contributed by atoms with Crippen LogP contribution in [-0.2, 0) is 0 Å². The number of carboxylic acid groups (broad SMARTS) is 1. The van der Waals surface area contributed by atoms with Gasteiger partial charge in [-0.3, -0.25) is 9.78 Å². The topological polar surface area (TPSA) is 109 Å². The van der Waals surface area contributed by atoms with E-state index in [0.29, 0.717) is 16.9 Å². The van der Waals surface area contributed by atoms with Gasteiger partial charge in [-0.25, -0.2) is 4.79 Å². The number of phenols is 1. The molecule has 0 fully saturated rings. The number of para-hydroxylation sites is 1. The number of aromatic nitrogens is 1. The molecule has 0 bridgehead atoms. The van der Waals surface area contributed by atoms with Gasteiger partial charge in [0.05, 0.1) is 23.9 Å². The predicted octanol–water partition coefficient (Wildman–Crippen LogP) is 4.43. The van der Waals surface area contributed by atoms with Crippen molar-refractivity contribution < 1.29 is 24.5 Å². The number of carbonyl (C=O) groups is 2. The van der Waals surface area contributed by atoms with Crippen LogP contribution in [0, 0.1) is 0 Å². The van der Waals surface area contributed by atoms with E-state index in [9.17, 15) is 19.8 Å². The number of anilines is 1. The third kappa shape index (κ3) is 5.28. The van der Waals surface area contributed by atoms with Gasteiger partial charge in [0.25, 0.3) is 5.91 Å². The number of pyridine rings is 1. The number of amides is 1. The van der Waals surface area contributed by atoms with Crippen molar-refractivity contribution in [2.75, 3.05) is 12.4 Å². The zero-order valence-electron chi connectivity index (χ0n) is 17.6. The molecule has 0 radical (unpaired) electrons. The molecule has 4 rings (SSSR count). The summed E-state index contributed by atoms with van der Waals surface area (Å²) >= 11 is 0. The first-order valence-electron chi connectivity index (χ1n) is 10.0. The van der Waals surface area contributed by atoms with E-state index in [1.165, 1.54) is 12.1 Å². The molecule has 166 valence electrons. The van der Waals surface area contributed by atoms with Crippen LogP contribution >= 0.6 is 0 Å². The van der Waals surface area contributed by atoms with E-state index in [1.54, 1.807) is 62.0 Å². The minimum atomic E-state index is -1.19. The summed E-state index contributed by atoms with van der Waals surface area (Å²) < 4.78 is 5.40. The quantitative estimate of drug-likeness (QED) is 0.364. The van der Waals surface area contributed by atoms with Gasteiger partial charge < -0.3 is 20.3 Å². The first-order valence-corrected chi connectivity index (χ1v) is 10.0. The van der Waals surface area contributed by atoms with Crippen LogP contribution in [0.25, 0.3) is 22.3 Å². The van der Waals surface area contributed by atoms with Crippen LogP contribution in [0.15, 0.2) is 85.2 Å². The molecular weight excluding hydrogens is 443 g/mol. The number of rotatable bonds is 6. The molecule has 8 heteroatoms. The molecule has 0 unspecified atom stereocenters. The third-order valence-corrected chi connectivity index (χ3v) is 5.17. The Morgan fingerprint density at radius 3 is 2.26 bits per heavy atom. The van der Waals surface area contributed by atoms with Crippen LogP contribution in [0.1, 0.15) is 20.7 Å². The van der Waals surface area contributed by atoms with Gasteiger partial charge in [-0.1, -0.05) is 30.3 Å². The molecule has 0 saturated heterocycles. The summed E-state index contributed by atoms with van der Waals surface area (Å²) in [7, 11) is 1.55. The molecule has 0 atom stereocenters. The number of phenolic OH excluding ortho intramolecular Hbond substituents is 1. The summed E-state index contributed by atoms with van der Waals surface area (Å²) in [6.07, 6.45) is 3.26. The van der Waals surface area contributed by atoms with Crippen LogP contribution < -0.4 is 10.1 Å². The van der Waals surface area contributed by atoms with E-state index in [-0.39, 0.29) is 52.1 Å². The number of methoxy groups -OCH3 is 1. The molecule has 4 aromatic rings. The van der Waals surface area contributed by atoms with Crippen molar-refractivity contribution in [2.45, 2.75) is 0 Å². The number of nitrogens with zero attached hydrogens (tertiary/aromatic N) is 1. The first kappa shape index (κ1) is 25.0. The second kappa shape index (κ2) is 11.0. The average molecular weight is 464 g/mol. The number of benzene rings is 3. The fourth-order valence-corrected chi connectivity index (χ4v) is 3.52. The van der Waals surface area contributed by atoms with Gasteiger partial charge in [0.15, 0.2) is 0 Å². The van der Waals surface area contributed by atoms with E-state index >= 15 is 0 Å². The fourth-order valence-electron chi connectivity index (χ4n) is 3.52. The van der Waals surface area contributed by atoms with Gasteiger partial charge in [0.1, 0.15) is 11.5 Å². The second-order valence-electron chi connectivity index (χ2n) is 7.19. The van der Waals surface area contributed by atoms with Crippen molar-refractivity contribution in [3.63, 3.8) is 0 Å². The summed E-state index contributed by atoms with van der Waals surface area (Å²) in [5.41, 5.74) is 2.99. The molecule has 0 saturated carbocycles. The Balaban J connectivity index is 0.00000324. The maximum absolute atomic E-state index is 13.1. The van der Waals surface area contributed by atoms with E-state index in [0.717, 1.165) is 11.1 Å². The Bertz CT molecular complexity index is 1340. The summed E-state index contributed by atoms with van der Waals surface area (Å²) in [5, 5.41) is 22.6. The molecule has 0 aliphatic rings. The number of aromatic hydroxyl groups is 1. The predicted molar refractivity (Wildman–Crippen MR) is 132 cm³/mol. The first-order chi connectivity index (χ1) is 16.0. The van der Waals surface area contributed by atoms with Crippen molar-refractivity contribution in [3.05, 3.63) is 96.3 Å². The number of carbonyl (C=O) groups excluding carboxylic acids is 1. The standard InChI is InChI=1S/C26H20N2O5.Na.H/c1-33-24-5-3-2-4-19(24)18-6-8-20(26(31)32)22(15-18)28-25(30)21-14-17(7-9-23(21)29)16-10-12-27-13-11-16;;/h2-15,29H,1H3,(H,28,30)(H,31,32);;. The van der Waals surface area contributed by atoms with Crippen LogP contribution in [0.5, 0.6) is 11.5 Å². The Hall–Kier alpha value is -3.65. The SMILES string of the molecule is COc1ccccc1-c1ccc(C(=O)O)c(NC(=O)c2cc(-c3ccncc3)ccc2O)c1.[NaH]. The fraction of sp³-hybridized carbons (Fsp3) is 0.0385. The van der Waals surface area contributed by atoms with E-state index in [2.05, 4.69) is 10.3 Å². The Labute approximate surface area is 218 Å². The van der Waals surface area contributed by atoms with E-state index in [1.807, 2.05) is 18.2 Å². The summed E-state index contributed by atoms with van der Waals surface area (Å²) in [6.45, 7) is 0. The third-order valence-electron chi connectivity index (χ3n) is 5.17. The summed E-state index contributed by atoms with van der Waals surface area (Å²) in [6, 6.07) is 20.2.